The Kier molecular flexibility index (Phi) is 13.7. The first-order valence-corrected chi connectivity index (χ1v) is 6.36. The molecule has 2 rings (SSSR count). The zero-order valence-corrected chi connectivity index (χ0v) is 13.0. The molecule has 117 valence electrons. The number of carboxylic acid groups (broad SMARTS) is 2. The Morgan fingerprint density at radius 1 is 0.682 bits per heavy atom. The van der Waals surface area contributed by atoms with Crippen LogP contribution in [0, 0.1) is 0 Å². The molecule has 22 heavy (non-hydrogen) atoms. The number of hydrogen-bond donors (Lipinski definition) is 0. The molecular weight excluding hydrogens is 356 g/mol. The zero-order valence-electron chi connectivity index (χ0n) is 11.0. The number of hydrogen-bond acceptors (Lipinski definition) is 6. The van der Waals surface area contributed by atoms with E-state index in [1.165, 1.54) is 24.3 Å². The van der Waals surface area contributed by atoms with Gasteiger partial charge >= 0.3 is 26.4 Å². The maximum absolute atomic E-state index is 10.1. The standard InChI is InChI=1S/2C7H6O2.Cu.O2Si/c2*8-7(9)6-4-2-1-3-5-6;;1-3-2/h2*1-5H,(H,8,9);;/q;;+2;/p-2. The molecule has 0 saturated carbocycles. The number of aromatic carboxylic acids is 2. The van der Waals surface area contributed by atoms with Gasteiger partial charge in [-0.15, -0.1) is 0 Å². The van der Waals surface area contributed by atoms with Gasteiger partial charge in [-0.05, 0) is 11.1 Å². The van der Waals surface area contributed by atoms with Crippen molar-refractivity contribution in [2.24, 2.45) is 0 Å². The fourth-order valence-electron chi connectivity index (χ4n) is 1.15. The van der Waals surface area contributed by atoms with Gasteiger partial charge in [0.2, 0.25) is 0 Å². The molecule has 0 amide bonds. The van der Waals surface area contributed by atoms with Crippen molar-refractivity contribution in [3.63, 3.8) is 0 Å². The van der Waals surface area contributed by atoms with Gasteiger partial charge in [0.15, 0.2) is 0 Å². The van der Waals surface area contributed by atoms with Gasteiger partial charge in [0.1, 0.15) is 0 Å². The van der Waals surface area contributed by atoms with Gasteiger partial charge in [-0.3, -0.25) is 8.92 Å². The summed E-state index contributed by atoms with van der Waals surface area (Å²) in [6.45, 7) is 0. The van der Waals surface area contributed by atoms with Gasteiger partial charge < -0.3 is 19.8 Å². The van der Waals surface area contributed by atoms with E-state index in [0.29, 0.717) is 0 Å². The second-order valence-electron chi connectivity index (χ2n) is 3.39. The molecule has 0 aliphatic heterocycles. The van der Waals surface area contributed by atoms with Gasteiger partial charge in [-0.25, -0.2) is 0 Å². The molecule has 0 spiro atoms. The predicted octanol–water partition coefficient (Wildman–Crippen LogP) is -0.521. The molecule has 0 aromatic heterocycles. The quantitative estimate of drug-likeness (QED) is 0.661. The van der Waals surface area contributed by atoms with Crippen LogP contribution in [0.2, 0.25) is 0 Å². The Morgan fingerprint density at radius 2 is 0.909 bits per heavy atom. The van der Waals surface area contributed by atoms with Crippen molar-refractivity contribution < 1.29 is 45.8 Å². The number of carboxylic acids is 2. The van der Waals surface area contributed by atoms with Crippen LogP contribution in [0.25, 0.3) is 0 Å². The van der Waals surface area contributed by atoms with Crippen molar-refractivity contribution in [1.29, 1.82) is 0 Å². The minimum Gasteiger partial charge on any atom is -0.545 e. The zero-order chi connectivity index (χ0) is 16.1. The number of benzene rings is 2. The third kappa shape index (κ3) is 10.5. The Balaban J connectivity index is 0. The second kappa shape index (κ2) is 13.7. The second-order valence-corrected chi connectivity index (χ2v) is 3.56. The Bertz CT molecular complexity index is 548. The van der Waals surface area contributed by atoms with Crippen LogP contribution >= 0.6 is 0 Å². The molecule has 0 heterocycles. The van der Waals surface area contributed by atoms with E-state index >= 15 is 0 Å². The molecule has 2 aromatic carbocycles. The van der Waals surface area contributed by atoms with E-state index in [4.69, 9.17) is 8.92 Å². The number of rotatable bonds is 2. The molecule has 0 N–H and O–H groups in total. The summed E-state index contributed by atoms with van der Waals surface area (Å²) in [6.07, 6.45) is 0. The van der Waals surface area contributed by atoms with Crippen LogP contribution in [0.15, 0.2) is 60.7 Å². The molecule has 0 atom stereocenters. The monoisotopic (exact) mass is 365 g/mol. The van der Waals surface area contributed by atoms with Crippen LogP contribution in [0.1, 0.15) is 20.7 Å². The van der Waals surface area contributed by atoms with Crippen LogP contribution in [0.3, 0.4) is 0 Å². The van der Waals surface area contributed by atoms with E-state index in [1.807, 2.05) is 0 Å². The van der Waals surface area contributed by atoms with Gasteiger partial charge in [-0.2, -0.15) is 0 Å². The summed E-state index contributed by atoms with van der Waals surface area (Å²) in [5.41, 5.74) is 0.440. The van der Waals surface area contributed by atoms with Crippen LogP contribution in [0.5, 0.6) is 0 Å². The summed E-state index contributed by atoms with van der Waals surface area (Å²) in [7, 11) is -1.42. The summed E-state index contributed by atoms with van der Waals surface area (Å²) in [4.78, 5) is 20.2. The molecule has 0 aliphatic carbocycles. The van der Waals surface area contributed by atoms with E-state index in [2.05, 4.69) is 0 Å². The summed E-state index contributed by atoms with van der Waals surface area (Å²) in [5.74, 6) is -2.26. The maximum atomic E-state index is 10.1. The summed E-state index contributed by atoms with van der Waals surface area (Å²) in [6, 6.07) is 16.1. The molecular formula is C14H10CuO6Si. The molecule has 0 aliphatic rings. The Hall–Kier alpha value is -2.28. The Labute approximate surface area is 139 Å². The molecule has 0 fully saturated rings. The smallest absolute Gasteiger partial charge is 0.545 e. The summed E-state index contributed by atoms with van der Waals surface area (Å²) in [5, 5.41) is 20.2. The molecule has 8 heteroatoms. The predicted molar refractivity (Wildman–Crippen MR) is 68.7 cm³/mol. The average molecular weight is 366 g/mol. The van der Waals surface area contributed by atoms with E-state index < -0.39 is 21.2 Å². The van der Waals surface area contributed by atoms with Gasteiger partial charge in [0.05, 0.1) is 11.9 Å². The van der Waals surface area contributed by atoms with Crippen molar-refractivity contribution in [3.8, 4) is 0 Å². The first kappa shape index (κ1) is 22.0. The average Bonchev–Trinajstić information content (AvgIpc) is 2.50. The molecule has 6 nitrogen and oxygen atoms in total. The molecule has 1 radical (unpaired) electrons. The van der Waals surface area contributed by atoms with Crippen molar-refractivity contribution >= 4 is 21.2 Å². The SMILES string of the molecule is O=C([O-])c1ccccc1.O=C([O-])c1ccccc1.O=[Si]=O.[Cu+2]. The van der Waals surface area contributed by atoms with Crippen LogP contribution in [-0.2, 0) is 26.0 Å². The van der Waals surface area contributed by atoms with Crippen molar-refractivity contribution in [2.45, 2.75) is 0 Å². The van der Waals surface area contributed by atoms with E-state index in [0.717, 1.165) is 0 Å². The van der Waals surface area contributed by atoms with E-state index in [9.17, 15) is 19.8 Å². The third-order valence-corrected chi connectivity index (χ3v) is 2.02. The number of carbonyl (C=O) groups is 2. The maximum Gasteiger partial charge on any atom is 2.00 e. The van der Waals surface area contributed by atoms with Crippen LogP contribution in [0.4, 0.5) is 0 Å². The van der Waals surface area contributed by atoms with Gasteiger partial charge in [0.25, 0.3) is 0 Å². The molecule has 2 aromatic rings. The van der Waals surface area contributed by atoms with Crippen molar-refractivity contribution in [3.05, 3.63) is 71.8 Å². The number of carbonyl (C=O) groups excluding carboxylic acids is 2. The van der Waals surface area contributed by atoms with E-state index in [-0.39, 0.29) is 28.2 Å². The first-order chi connectivity index (χ1) is 10.0. The summed E-state index contributed by atoms with van der Waals surface area (Å²) < 4.78 is 16.8. The minimum absolute atomic E-state index is 0. The first-order valence-electron chi connectivity index (χ1n) is 5.55. The Morgan fingerprint density at radius 3 is 1.05 bits per heavy atom. The molecule has 0 unspecified atom stereocenters. The fraction of sp³-hybridized carbons (Fsp3) is 0. The van der Waals surface area contributed by atoms with Crippen molar-refractivity contribution in [1.82, 2.24) is 0 Å². The largest absolute Gasteiger partial charge is 2.00 e. The molecule has 0 saturated heterocycles. The van der Waals surface area contributed by atoms with Crippen LogP contribution in [-0.4, -0.2) is 21.2 Å². The minimum atomic E-state index is -1.42. The topological polar surface area (TPSA) is 114 Å². The van der Waals surface area contributed by atoms with Gasteiger partial charge in [-0.1, -0.05) is 60.7 Å². The summed E-state index contributed by atoms with van der Waals surface area (Å²) >= 11 is 0. The molecule has 0 bridgehead atoms. The normalized spacial score (nSPS) is 7.64. The van der Waals surface area contributed by atoms with Crippen molar-refractivity contribution in [2.75, 3.05) is 0 Å². The van der Waals surface area contributed by atoms with Gasteiger partial charge in [0, 0.05) is 0 Å². The fourth-order valence-corrected chi connectivity index (χ4v) is 1.15. The third-order valence-electron chi connectivity index (χ3n) is 2.02. The van der Waals surface area contributed by atoms with E-state index in [1.54, 1.807) is 36.4 Å². The van der Waals surface area contributed by atoms with Crippen LogP contribution < -0.4 is 10.2 Å².